The number of ether oxygens (including phenoxy) is 1. The highest BCUT2D eigenvalue weighted by molar-refractivity contribution is 9.10. The van der Waals surface area contributed by atoms with Crippen molar-refractivity contribution in [3.8, 4) is 5.75 Å². The molecule has 8 heteroatoms. The number of anilines is 1. The Balaban J connectivity index is 1.40. The van der Waals surface area contributed by atoms with E-state index in [1.54, 1.807) is 29.1 Å². The Hall–Kier alpha value is -2.80. The Morgan fingerprint density at radius 2 is 1.85 bits per heavy atom. The van der Waals surface area contributed by atoms with Crippen LogP contribution in [-0.4, -0.2) is 15.7 Å². The monoisotopic (exact) mass is 557 g/mol. The third kappa shape index (κ3) is 6.20. The maximum absolute atomic E-state index is 12.9. The topological polar surface area (TPSA) is 56.1 Å². The lowest BCUT2D eigenvalue weighted by Crippen LogP contribution is -2.13. The van der Waals surface area contributed by atoms with Crippen LogP contribution in [0.3, 0.4) is 0 Å². The molecule has 1 aromatic heterocycles. The summed E-state index contributed by atoms with van der Waals surface area (Å²) in [7, 11) is 0. The van der Waals surface area contributed by atoms with Crippen LogP contribution >= 0.6 is 39.1 Å². The van der Waals surface area contributed by atoms with E-state index in [1.807, 2.05) is 36.4 Å². The molecule has 0 aliphatic carbocycles. The number of nitrogens with one attached hydrogen (secondary N) is 1. The van der Waals surface area contributed by atoms with Crippen LogP contribution in [0.25, 0.3) is 0 Å². The summed E-state index contributed by atoms with van der Waals surface area (Å²) in [5, 5.41) is 8.46. The Labute approximate surface area is 216 Å². The molecule has 0 saturated heterocycles. The lowest BCUT2D eigenvalue weighted by Gasteiger charge is -2.09. The quantitative estimate of drug-likeness (QED) is 0.245. The number of amides is 1. The minimum atomic E-state index is -0.260. The van der Waals surface area contributed by atoms with Crippen LogP contribution in [-0.2, 0) is 19.6 Å². The summed E-state index contributed by atoms with van der Waals surface area (Å²) in [4.78, 5) is 12.9. The zero-order valence-electron chi connectivity index (χ0n) is 18.4. The molecule has 0 spiro atoms. The number of rotatable bonds is 8. The molecule has 174 valence electrons. The number of nitrogens with zero attached hydrogens (tertiary/aromatic N) is 2. The van der Waals surface area contributed by atoms with Crippen molar-refractivity contribution < 1.29 is 9.53 Å². The van der Waals surface area contributed by atoms with Crippen molar-refractivity contribution in [1.82, 2.24) is 9.78 Å². The Bertz CT molecular complexity index is 1310. The molecule has 0 radical (unpaired) electrons. The zero-order chi connectivity index (χ0) is 24.1. The Morgan fingerprint density at radius 1 is 1.06 bits per heavy atom. The largest absolute Gasteiger partial charge is 0.489 e. The molecule has 0 atom stereocenters. The second kappa shape index (κ2) is 11.1. The molecule has 1 N–H and O–H groups in total. The third-order valence-corrected chi connectivity index (χ3v) is 6.39. The smallest absolute Gasteiger partial charge is 0.256 e. The molecule has 0 bridgehead atoms. The molecule has 1 amide bonds. The van der Waals surface area contributed by atoms with Gasteiger partial charge in [0, 0.05) is 21.8 Å². The summed E-state index contributed by atoms with van der Waals surface area (Å²) in [6.45, 7) is 2.92. The predicted molar refractivity (Wildman–Crippen MR) is 140 cm³/mol. The first-order valence-corrected chi connectivity index (χ1v) is 12.2. The first-order valence-electron chi connectivity index (χ1n) is 10.7. The van der Waals surface area contributed by atoms with E-state index in [1.165, 1.54) is 5.56 Å². The summed E-state index contributed by atoms with van der Waals surface area (Å²) < 4.78 is 8.23. The van der Waals surface area contributed by atoms with Gasteiger partial charge in [-0.15, -0.1) is 0 Å². The molecule has 0 aliphatic rings. The average Bonchev–Trinajstić information content (AvgIpc) is 3.18. The molecule has 4 rings (SSSR count). The first-order chi connectivity index (χ1) is 16.4. The molecule has 0 unspecified atom stereocenters. The van der Waals surface area contributed by atoms with E-state index < -0.39 is 0 Å². The van der Waals surface area contributed by atoms with Crippen LogP contribution in [0.4, 0.5) is 5.82 Å². The van der Waals surface area contributed by atoms with Gasteiger partial charge in [-0.3, -0.25) is 9.48 Å². The predicted octanol–water partition coefficient (Wildman–Crippen LogP) is 7.39. The number of aryl methyl sites for hydroxylation is 1. The highest BCUT2D eigenvalue weighted by atomic mass is 79.9. The van der Waals surface area contributed by atoms with Gasteiger partial charge >= 0.3 is 0 Å². The number of halogens is 3. The van der Waals surface area contributed by atoms with Gasteiger partial charge in [0.15, 0.2) is 5.82 Å². The van der Waals surface area contributed by atoms with Gasteiger partial charge in [0.05, 0.1) is 11.0 Å². The van der Waals surface area contributed by atoms with Gasteiger partial charge in [-0.1, -0.05) is 60.5 Å². The van der Waals surface area contributed by atoms with Gasteiger partial charge in [0.25, 0.3) is 5.91 Å². The van der Waals surface area contributed by atoms with Crippen LogP contribution < -0.4 is 10.1 Å². The van der Waals surface area contributed by atoms with Crippen molar-refractivity contribution in [2.24, 2.45) is 0 Å². The van der Waals surface area contributed by atoms with E-state index in [0.717, 1.165) is 23.3 Å². The van der Waals surface area contributed by atoms with Crippen molar-refractivity contribution >= 4 is 50.9 Å². The molecule has 0 fully saturated rings. The van der Waals surface area contributed by atoms with E-state index in [4.69, 9.17) is 27.9 Å². The second-order valence-electron chi connectivity index (χ2n) is 7.70. The zero-order valence-corrected chi connectivity index (χ0v) is 21.5. The van der Waals surface area contributed by atoms with E-state index in [9.17, 15) is 4.79 Å². The van der Waals surface area contributed by atoms with E-state index in [-0.39, 0.29) is 5.91 Å². The normalized spacial score (nSPS) is 10.8. The minimum absolute atomic E-state index is 0.260. The van der Waals surface area contributed by atoms with Gasteiger partial charge in [-0.05, 0) is 75.4 Å². The molecule has 34 heavy (non-hydrogen) atoms. The Morgan fingerprint density at radius 3 is 2.59 bits per heavy atom. The van der Waals surface area contributed by atoms with Gasteiger partial charge in [0.2, 0.25) is 0 Å². The highest BCUT2D eigenvalue weighted by Gasteiger charge is 2.14. The first kappa shape index (κ1) is 24.3. The van der Waals surface area contributed by atoms with Crippen LogP contribution in [0.2, 0.25) is 10.0 Å². The lowest BCUT2D eigenvalue weighted by atomic mass is 10.1. The van der Waals surface area contributed by atoms with E-state index in [2.05, 4.69) is 45.4 Å². The standard InChI is InChI=1S/C26H22BrCl2N3O2/c1-2-17-6-10-22(11-7-17)34-16-18-4-3-5-19(12-18)26(33)30-25-23(27)15-32(31-25)14-20-8-9-21(28)13-24(20)29/h3-13,15H,2,14,16H2,1H3,(H,30,31,33). The highest BCUT2D eigenvalue weighted by Crippen LogP contribution is 2.25. The minimum Gasteiger partial charge on any atom is -0.489 e. The van der Waals surface area contributed by atoms with Gasteiger partial charge in [-0.2, -0.15) is 5.10 Å². The average molecular weight is 559 g/mol. The number of hydrogen-bond acceptors (Lipinski definition) is 3. The fourth-order valence-electron chi connectivity index (χ4n) is 3.36. The summed E-state index contributed by atoms with van der Waals surface area (Å²) in [5.74, 6) is 0.958. The SMILES string of the molecule is CCc1ccc(OCc2cccc(C(=O)Nc3nn(Cc4ccc(Cl)cc4Cl)cc3Br)c2)cc1. The number of benzene rings is 3. The van der Waals surface area contributed by atoms with Crippen molar-refractivity contribution in [3.05, 3.63) is 110 Å². The summed E-state index contributed by atoms with van der Waals surface area (Å²) in [5.41, 5.74) is 3.55. The van der Waals surface area contributed by atoms with Crippen LogP contribution in [0.15, 0.2) is 77.4 Å². The molecule has 4 aromatic rings. The third-order valence-electron chi connectivity index (χ3n) is 5.22. The molecule has 3 aromatic carbocycles. The molecule has 0 aliphatic heterocycles. The number of hydrogen-bond donors (Lipinski definition) is 1. The van der Waals surface area contributed by atoms with Gasteiger partial charge in [0.1, 0.15) is 12.4 Å². The van der Waals surface area contributed by atoms with Crippen LogP contribution in [0.1, 0.15) is 34.0 Å². The van der Waals surface area contributed by atoms with Crippen molar-refractivity contribution in [2.45, 2.75) is 26.5 Å². The maximum atomic E-state index is 12.9. The summed E-state index contributed by atoms with van der Waals surface area (Å²) >= 11 is 15.7. The molecular weight excluding hydrogens is 537 g/mol. The lowest BCUT2D eigenvalue weighted by molar-refractivity contribution is 0.102. The van der Waals surface area contributed by atoms with Crippen molar-refractivity contribution in [3.63, 3.8) is 0 Å². The summed E-state index contributed by atoms with van der Waals surface area (Å²) in [6.07, 6.45) is 2.77. The van der Waals surface area contributed by atoms with Gasteiger partial charge in [-0.25, -0.2) is 0 Å². The number of carbonyl (C=O) groups excluding carboxylic acids is 1. The fourth-order valence-corrected chi connectivity index (χ4v) is 4.24. The van der Waals surface area contributed by atoms with E-state index in [0.29, 0.717) is 39.1 Å². The van der Waals surface area contributed by atoms with Crippen LogP contribution in [0.5, 0.6) is 5.75 Å². The number of aromatic nitrogens is 2. The van der Waals surface area contributed by atoms with E-state index >= 15 is 0 Å². The van der Waals surface area contributed by atoms with Gasteiger partial charge < -0.3 is 10.1 Å². The Kier molecular flexibility index (Phi) is 7.93. The van der Waals surface area contributed by atoms with Crippen molar-refractivity contribution in [1.29, 1.82) is 0 Å². The second-order valence-corrected chi connectivity index (χ2v) is 9.40. The molecule has 0 saturated carbocycles. The van der Waals surface area contributed by atoms with Crippen LogP contribution in [0, 0.1) is 0 Å². The number of carbonyl (C=O) groups is 1. The molecular formula is C26H22BrCl2N3O2. The van der Waals surface area contributed by atoms with Crippen molar-refractivity contribution in [2.75, 3.05) is 5.32 Å². The molecule has 5 nitrogen and oxygen atoms in total. The maximum Gasteiger partial charge on any atom is 0.256 e. The fraction of sp³-hybridized carbons (Fsp3) is 0.154. The summed E-state index contributed by atoms with van der Waals surface area (Å²) in [6, 6.07) is 20.7. The molecule has 1 heterocycles.